The highest BCUT2D eigenvalue weighted by Crippen LogP contribution is 2.28. The second-order valence-corrected chi connectivity index (χ2v) is 13.9. The van der Waals surface area contributed by atoms with Crippen LogP contribution in [-0.4, -0.2) is 74.1 Å². The van der Waals surface area contributed by atoms with Gasteiger partial charge in [0.1, 0.15) is 11.8 Å². The standard InChI is InChI=1S/C32H35N5O8S2/c1-21(2)17-37(18-28(42-4)26(14-22-8-6-5-7-9-22)35-32(39)45-29-16-33-20-46-29)47(40,41)24-10-11-25-27(15-24)44-31(34-25)36(3)30(38)23-12-13-43-19-23/h5-13,15-16,19-21,26,28H,14,17-18H2,1-4H3,(H,35,39). The number of aromatic nitrogens is 2. The molecule has 0 spiro atoms. The molecule has 5 aromatic rings. The minimum Gasteiger partial charge on any atom is -0.472 e. The Balaban J connectivity index is 1.41. The Kier molecular flexibility index (Phi) is 10.7. The number of hydrogen-bond donors (Lipinski definition) is 1. The van der Waals surface area contributed by atoms with Crippen LogP contribution in [0.3, 0.4) is 0 Å². The van der Waals surface area contributed by atoms with E-state index in [0.717, 1.165) is 5.56 Å². The van der Waals surface area contributed by atoms with E-state index in [2.05, 4.69) is 15.3 Å². The smallest absolute Gasteiger partial charge is 0.413 e. The zero-order chi connectivity index (χ0) is 33.6. The maximum Gasteiger partial charge on any atom is 0.413 e. The normalized spacial score (nSPS) is 13.1. The largest absolute Gasteiger partial charge is 0.472 e. The van der Waals surface area contributed by atoms with E-state index in [-0.39, 0.29) is 35.5 Å². The molecule has 2 atom stereocenters. The fraction of sp³-hybridized carbons (Fsp3) is 0.312. The van der Waals surface area contributed by atoms with Crippen molar-refractivity contribution in [3.63, 3.8) is 0 Å². The van der Waals surface area contributed by atoms with Gasteiger partial charge in [-0.3, -0.25) is 9.69 Å². The lowest BCUT2D eigenvalue weighted by atomic mass is 10.0. The third kappa shape index (κ3) is 8.24. The Morgan fingerprint density at radius 2 is 1.87 bits per heavy atom. The van der Waals surface area contributed by atoms with Gasteiger partial charge in [-0.05, 0) is 36.1 Å². The number of furan rings is 1. The number of rotatable bonds is 14. The first kappa shape index (κ1) is 33.8. The molecule has 1 N–H and O–H groups in total. The molecule has 15 heteroatoms. The fourth-order valence-corrected chi connectivity index (χ4v) is 7.03. The first-order valence-electron chi connectivity index (χ1n) is 14.7. The first-order valence-corrected chi connectivity index (χ1v) is 17.0. The SMILES string of the molecule is COC(CN(CC(C)C)S(=O)(=O)c1ccc2nc(N(C)C(=O)c3ccoc3)oc2c1)C(Cc1ccccc1)NC(=O)Oc1cncs1. The molecule has 0 aliphatic rings. The van der Waals surface area contributed by atoms with Crippen molar-refractivity contribution in [3.05, 3.63) is 90.0 Å². The zero-order valence-electron chi connectivity index (χ0n) is 26.2. The number of ether oxygens (including phenoxy) is 2. The minimum absolute atomic E-state index is 0.000671. The number of hydrogen-bond acceptors (Lipinski definition) is 11. The zero-order valence-corrected chi connectivity index (χ0v) is 27.9. The molecule has 0 bridgehead atoms. The molecule has 0 aliphatic carbocycles. The van der Waals surface area contributed by atoms with Gasteiger partial charge in [0.2, 0.25) is 15.1 Å². The van der Waals surface area contributed by atoms with E-state index in [1.165, 1.54) is 77.7 Å². The minimum atomic E-state index is -4.11. The van der Waals surface area contributed by atoms with Gasteiger partial charge >= 0.3 is 12.1 Å². The summed E-state index contributed by atoms with van der Waals surface area (Å²) in [6, 6.07) is 14.7. The van der Waals surface area contributed by atoms with Gasteiger partial charge in [0.05, 0.1) is 40.6 Å². The van der Waals surface area contributed by atoms with Gasteiger partial charge in [0, 0.05) is 33.3 Å². The van der Waals surface area contributed by atoms with Crippen LogP contribution in [-0.2, 0) is 21.2 Å². The van der Waals surface area contributed by atoms with Crippen LogP contribution in [0.4, 0.5) is 10.8 Å². The highest BCUT2D eigenvalue weighted by Gasteiger charge is 2.33. The van der Waals surface area contributed by atoms with E-state index in [1.54, 1.807) is 5.51 Å². The quantitative estimate of drug-likeness (QED) is 0.165. The predicted molar refractivity (Wildman–Crippen MR) is 175 cm³/mol. The summed E-state index contributed by atoms with van der Waals surface area (Å²) in [6.07, 6.45) is 3.01. The Bertz CT molecular complexity index is 1880. The van der Waals surface area contributed by atoms with Gasteiger partial charge in [-0.1, -0.05) is 55.5 Å². The number of benzene rings is 2. The Morgan fingerprint density at radius 3 is 2.53 bits per heavy atom. The molecule has 0 saturated heterocycles. The van der Waals surface area contributed by atoms with Crippen LogP contribution in [0.1, 0.15) is 29.8 Å². The van der Waals surface area contributed by atoms with Crippen LogP contribution in [0.25, 0.3) is 11.1 Å². The van der Waals surface area contributed by atoms with Gasteiger partial charge in [0.25, 0.3) is 5.91 Å². The number of carbonyl (C=O) groups excluding carboxylic acids is 2. The van der Waals surface area contributed by atoms with Crippen molar-refractivity contribution in [3.8, 4) is 5.06 Å². The topological polar surface area (TPSA) is 157 Å². The molecule has 2 aromatic carbocycles. The lowest BCUT2D eigenvalue weighted by molar-refractivity contribution is 0.0520. The summed E-state index contributed by atoms with van der Waals surface area (Å²) in [5, 5.41) is 3.19. The highest BCUT2D eigenvalue weighted by atomic mass is 32.2. The van der Waals surface area contributed by atoms with Crippen LogP contribution in [0.15, 0.2) is 92.6 Å². The average Bonchev–Trinajstić information content (AvgIpc) is 3.84. The maximum absolute atomic E-state index is 14.2. The molecule has 3 aromatic heterocycles. The van der Waals surface area contributed by atoms with E-state index >= 15 is 0 Å². The molecule has 248 valence electrons. The summed E-state index contributed by atoms with van der Waals surface area (Å²) < 4.78 is 51.8. The van der Waals surface area contributed by atoms with E-state index in [1.807, 2.05) is 44.2 Å². The average molecular weight is 682 g/mol. The molecule has 3 heterocycles. The summed E-state index contributed by atoms with van der Waals surface area (Å²) in [5.74, 6) is -0.441. The number of methoxy groups -OCH3 is 1. The Hall–Kier alpha value is -4.57. The van der Waals surface area contributed by atoms with Gasteiger partial charge in [0.15, 0.2) is 5.58 Å². The lowest BCUT2D eigenvalue weighted by Crippen LogP contribution is -2.52. The predicted octanol–water partition coefficient (Wildman–Crippen LogP) is 5.22. The van der Waals surface area contributed by atoms with E-state index in [4.69, 9.17) is 18.3 Å². The summed E-state index contributed by atoms with van der Waals surface area (Å²) in [5.41, 5.74) is 3.34. The number of carbonyl (C=O) groups is 2. The summed E-state index contributed by atoms with van der Waals surface area (Å²) in [4.78, 5) is 35.2. The molecule has 0 saturated carbocycles. The Labute approximate surface area is 276 Å². The number of fused-ring (bicyclic) bond motifs is 1. The van der Waals surface area contributed by atoms with Crippen molar-refractivity contribution in [2.45, 2.75) is 37.3 Å². The monoisotopic (exact) mass is 681 g/mol. The third-order valence-corrected chi connectivity index (χ3v) is 9.73. The number of anilines is 1. The fourth-order valence-electron chi connectivity index (χ4n) is 4.93. The molecule has 47 heavy (non-hydrogen) atoms. The van der Waals surface area contributed by atoms with Gasteiger partial charge in [-0.15, -0.1) is 0 Å². The van der Waals surface area contributed by atoms with E-state index in [9.17, 15) is 18.0 Å². The van der Waals surface area contributed by atoms with Crippen molar-refractivity contribution in [2.24, 2.45) is 5.92 Å². The molecule has 0 fully saturated rings. The van der Waals surface area contributed by atoms with Crippen LogP contribution >= 0.6 is 11.3 Å². The summed E-state index contributed by atoms with van der Waals surface area (Å²) in [7, 11) is -1.13. The van der Waals surface area contributed by atoms with Crippen molar-refractivity contribution >= 4 is 50.5 Å². The third-order valence-electron chi connectivity index (χ3n) is 7.25. The Morgan fingerprint density at radius 1 is 1.09 bits per heavy atom. The number of nitrogens with zero attached hydrogens (tertiary/aromatic N) is 4. The molecule has 2 unspecified atom stereocenters. The van der Waals surface area contributed by atoms with Crippen molar-refractivity contribution in [2.75, 3.05) is 32.1 Å². The van der Waals surface area contributed by atoms with Crippen molar-refractivity contribution < 1.29 is 36.3 Å². The molecule has 13 nitrogen and oxygen atoms in total. The molecular weight excluding hydrogens is 647 g/mol. The number of thiazole rings is 1. The number of nitrogens with one attached hydrogen (secondary N) is 1. The molecule has 0 radical (unpaired) electrons. The highest BCUT2D eigenvalue weighted by molar-refractivity contribution is 7.89. The molecule has 2 amide bonds. The molecule has 0 aliphatic heterocycles. The number of amides is 2. The van der Waals surface area contributed by atoms with Crippen LogP contribution in [0, 0.1) is 5.92 Å². The second kappa shape index (κ2) is 14.9. The maximum atomic E-state index is 14.2. The number of sulfonamides is 1. The van der Waals surface area contributed by atoms with Crippen LogP contribution < -0.4 is 15.0 Å². The van der Waals surface area contributed by atoms with E-state index < -0.39 is 34.2 Å². The first-order chi connectivity index (χ1) is 22.5. The second-order valence-electron chi connectivity index (χ2n) is 11.1. The number of oxazole rings is 1. The van der Waals surface area contributed by atoms with Gasteiger partial charge < -0.3 is 23.6 Å². The van der Waals surface area contributed by atoms with Gasteiger partial charge in [-0.2, -0.15) is 9.29 Å². The lowest BCUT2D eigenvalue weighted by Gasteiger charge is -2.32. The van der Waals surface area contributed by atoms with Crippen molar-refractivity contribution in [1.29, 1.82) is 0 Å². The van der Waals surface area contributed by atoms with E-state index in [0.29, 0.717) is 22.6 Å². The van der Waals surface area contributed by atoms with Crippen LogP contribution in [0.2, 0.25) is 0 Å². The van der Waals surface area contributed by atoms with Crippen LogP contribution in [0.5, 0.6) is 5.06 Å². The van der Waals surface area contributed by atoms with Crippen molar-refractivity contribution in [1.82, 2.24) is 19.6 Å². The molecule has 5 rings (SSSR count). The summed E-state index contributed by atoms with van der Waals surface area (Å²) >= 11 is 1.17. The van der Waals surface area contributed by atoms with Gasteiger partial charge in [-0.25, -0.2) is 18.2 Å². The molecular formula is C32H35N5O8S2. The summed E-state index contributed by atoms with van der Waals surface area (Å²) in [6.45, 7) is 3.93.